The smallest absolute Gasteiger partial charge is 0.141 e. The molecular weight excluding hydrogens is 436 g/mol. The van der Waals surface area contributed by atoms with Crippen molar-refractivity contribution in [3.05, 3.63) is 65.4 Å². The van der Waals surface area contributed by atoms with E-state index in [1.165, 1.54) is 5.39 Å². The van der Waals surface area contributed by atoms with Crippen molar-refractivity contribution in [3.63, 3.8) is 0 Å². The van der Waals surface area contributed by atoms with Crippen molar-refractivity contribution in [1.82, 2.24) is 20.1 Å². The zero-order valence-electron chi connectivity index (χ0n) is 20.8. The van der Waals surface area contributed by atoms with Crippen molar-refractivity contribution in [3.8, 4) is 39.4 Å². The summed E-state index contributed by atoms with van der Waals surface area (Å²) in [5.74, 6) is 2.79. The normalized spacial score (nSPS) is 12.0. The predicted molar refractivity (Wildman–Crippen MR) is 140 cm³/mol. The van der Waals surface area contributed by atoms with E-state index in [1.807, 2.05) is 13.8 Å². The lowest BCUT2D eigenvalue weighted by Crippen LogP contribution is -2.02. The number of aryl methyl sites for hydroxylation is 3. The van der Waals surface area contributed by atoms with Gasteiger partial charge < -0.3 is 19.2 Å². The van der Waals surface area contributed by atoms with Gasteiger partial charge in [-0.25, -0.2) is 4.98 Å². The lowest BCUT2D eigenvalue weighted by Gasteiger charge is -2.15. The number of para-hydroxylation sites is 1. The van der Waals surface area contributed by atoms with E-state index in [4.69, 9.17) is 14.2 Å². The molecule has 4 aromatic rings. The highest BCUT2D eigenvalue weighted by Crippen LogP contribution is 2.47. The lowest BCUT2D eigenvalue weighted by atomic mass is 9.97. The number of nitrogens with one attached hydrogen (secondary N) is 2. The van der Waals surface area contributed by atoms with Gasteiger partial charge in [-0.3, -0.25) is 0 Å². The Morgan fingerprint density at radius 1 is 0.914 bits per heavy atom. The molecule has 0 atom stereocenters. The minimum atomic E-state index is 0.258. The third-order valence-corrected chi connectivity index (χ3v) is 6.92. The number of hydrogen-bond donors (Lipinski definition) is 2. The summed E-state index contributed by atoms with van der Waals surface area (Å²) >= 11 is 0. The summed E-state index contributed by atoms with van der Waals surface area (Å²) < 4.78 is 11.3. The van der Waals surface area contributed by atoms with Crippen LogP contribution in [-0.4, -0.2) is 27.2 Å². The molecule has 0 radical (unpaired) electrons. The SMILES string of the molecule is COc1cc2c3c(-c4c(C)[nH]c5ccccc45)nc(C(C)C)[nH]c-3cc2cc1-c1c(C)noc1C. The van der Waals surface area contributed by atoms with Crippen LogP contribution in [0.4, 0.5) is 0 Å². The second-order valence-electron chi connectivity index (χ2n) is 9.57. The first-order valence-electron chi connectivity index (χ1n) is 11.9. The molecule has 35 heavy (non-hydrogen) atoms. The lowest BCUT2D eigenvalue weighted by molar-refractivity contribution is 0.393. The van der Waals surface area contributed by atoms with Gasteiger partial charge in [0.05, 0.1) is 29.8 Å². The first kappa shape index (κ1) is 21.5. The molecule has 1 aliphatic carbocycles. The molecule has 2 aromatic carbocycles. The number of methoxy groups -OCH3 is 1. The molecule has 1 aliphatic heterocycles. The fourth-order valence-electron chi connectivity index (χ4n) is 5.27. The maximum atomic E-state index is 5.89. The average Bonchev–Trinajstić information content (AvgIpc) is 3.48. The van der Waals surface area contributed by atoms with Crippen molar-refractivity contribution in [2.75, 3.05) is 7.11 Å². The highest BCUT2D eigenvalue weighted by Gasteiger charge is 2.25. The summed E-state index contributed by atoms with van der Waals surface area (Å²) in [6.07, 6.45) is 0. The summed E-state index contributed by atoms with van der Waals surface area (Å²) in [5.41, 5.74) is 9.32. The van der Waals surface area contributed by atoms with E-state index in [-0.39, 0.29) is 5.92 Å². The first-order chi connectivity index (χ1) is 16.9. The summed E-state index contributed by atoms with van der Waals surface area (Å²) in [4.78, 5) is 12.3. The van der Waals surface area contributed by atoms with Crippen molar-refractivity contribution in [2.24, 2.45) is 0 Å². The highest BCUT2D eigenvalue weighted by atomic mass is 16.5. The van der Waals surface area contributed by atoms with Crippen molar-refractivity contribution < 1.29 is 9.26 Å². The van der Waals surface area contributed by atoms with Crippen LogP contribution in [0.2, 0.25) is 0 Å². The molecule has 0 unspecified atom stereocenters. The summed E-state index contributed by atoms with van der Waals surface area (Å²) in [5, 5.41) is 7.55. The molecule has 2 aliphatic rings. The molecule has 0 amide bonds. The number of hydrogen-bond acceptors (Lipinski definition) is 4. The van der Waals surface area contributed by atoms with Gasteiger partial charge >= 0.3 is 0 Å². The van der Waals surface area contributed by atoms with Crippen molar-refractivity contribution in [1.29, 1.82) is 0 Å². The van der Waals surface area contributed by atoms with Gasteiger partial charge in [0.15, 0.2) is 0 Å². The highest BCUT2D eigenvalue weighted by molar-refractivity contribution is 6.11. The Morgan fingerprint density at radius 2 is 1.71 bits per heavy atom. The second-order valence-corrected chi connectivity index (χ2v) is 9.57. The molecule has 0 saturated carbocycles. The van der Waals surface area contributed by atoms with Crippen molar-refractivity contribution >= 4 is 21.7 Å². The third-order valence-electron chi connectivity index (χ3n) is 6.92. The van der Waals surface area contributed by atoms with Gasteiger partial charge in [-0.15, -0.1) is 0 Å². The fraction of sp³-hybridized carbons (Fsp3) is 0.241. The summed E-state index contributed by atoms with van der Waals surface area (Å²) in [7, 11) is 1.71. The zero-order valence-corrected chi connectivity index (χ0v) is 20.8. The van der Waals surface area contributed by atoms with E-state index < -0.39 is 0 Å². The minimum absolute atomic E-state index is 0.258. The van der Waals surface area contributed by atoms with Gasteiger partial charge in [0, 0.05) is 39.2 Å². The number of H-pyrrole nitrogens is 2. The van der Waals surface area contributed by atoms with Gasteiger partial charge in [0.2, 0.25) is 0 Å². The monoisotopic (exact) mass is 464 g/mol. The molecule has 0 bridgehead atoms. The molecule has 0 fully saturated rings. The maximum absolute atomic E-state index is 5.89. The number of rotatable bonds is 4. The van der Waals surface area contributed by atoms with Crippen LogP contribution < -0.4 is 4.74 Å². The Hall–Kier alpha value is -4.06. The molecule has 2 aromatic heterocycles. The Morgan fingerprint density at radius 3 is 2.43 bits per heavy atom. The maximum Gasteiger partial charge on any atom is 0.141 e. The number of nitrogens with zero attached hydrogens (tertiary/aromatic N) is 2. The standard InChI is InChI=1S/C29H28N4O2/c1-14(2)29-31-23-12-18-11-21(25-16(4)33-35-17(25)5)24(34-6)13-20(18)27(23)28(32-29)26-15(3)30-22-10-8-7-9-19(22)26/h7-14,30H,1-6H3,(H,31,32). The number of benzene rings is 2. The third kappa shape index (κ3) is 3.16. The van der Waals surface area contributed by atoms with Crippen LogP contribution in [0.1, 0.15) is 42.7 Å². The quantitative estimate of drug-likeness (QED) is 0.283. The van der Waals surface area contributed by atoms with Gasteiger partial charge in [-0.1, -0.05) is 37.2 Å². The minimum Gasteiger partial charge on any atom is -0.496 e. The van der Waals surface area contributed by atoms with Crippen LogP contribution in [0.25, 0.3) is 55.3 Å². The summed E-state index contributed by atoms with van der Waals surface area (Å²) in [6, 6.07) is 14.9. The van der Waals surface area contributed by atoms with Crippen LogP contribution in [0, 0.1) is 20.8 Å². The molecule has 176 valence electrons. The van der Waals surface area contributed by atoms with E-state index in [2.05, 4.69) is 78.4 Å². The molecule has 3 heterocycles. The molecule has 2 N–H and O–H groups in total. The van der Waals surface area contributed by atoms with E-state index in [9.17, 15) is 0 Å². The Bertz CT molecular complexity index is 1680. The average molecular weight is 465 g/mol. The molecule has 6 nitrogen and oxygen atoms in total. The largest absolute Gasteiger partial charge is 0.496 e. The van der Waals surface area contributed by atoms with Crippen LogP contribution in [0.5, 0.6) is 5.75 Å². The molecule has 0 spiro atoms. The van der Waals surface area contributed by atoms with Crippen LogP contribution in [0.3, 0.4) is 0 Å². The molecule has 6 heteroatoms. The van der Waals surface area contributed by atoms with Crippen LogP contribution in [0.15, 0.2) is 47.0 Å². The predicted octanol–water partition coefficient (Wildman–Crippen LogP) is 7.53. The van der Waals surface area contributed by atoms with E-state index in [0.717, 1.165) is 78.7 Å². The number of aromatic nitrogens is 4. The topological polar surface area (TPSA) is 79.7 Å². The van der Waals surface area contributed by atoms with Crippen molar-refractivity contribution in [2.45, 2.75) is 40.5 Å². The van der Waals surface area contributed by atoms with Crippen LogP contribution in [-0.2, 0) is 0 Å². The number of aromatic amines is 2. The van der Waals surface area contributed by atoms with E-state index >= 15 is 0 Å². The van der Waals surface area contributed by atoms with E-state index in [1.54, 1.807) is 7.11 Å². The summed E-state index contributed by atoms with van der Waals surface area (Å²) in [6.45, 7) is 10.3. The van der Waals surface area contributed by atoms with Crippen LogP contribution >= 0.6 is 0 Å². The zero-order chi connectivity index (χ0) is 24.4. The van der Waals surface area contributed by atoms with E-state index in [0.29, 0.717) is 0 Å². The Balaban J connectivity index is 1.73. The number of fused-ring (bicyclic) bond motifs is 4. The van der Waals surface area contributed by atoms with Gasteiger partial charge in [-0.2, -0.15) is 0 Å². The molecular formula is C29H28N4O2. The Labute approximate surface area is 203 Å². The van der Waals surface area contributed by atoms with Gasteiger partial charge in [-0.05, 0) is 55.8 Å². The van der Waals surface area contributed by atoms with Gasteiger partial charge in [0.1, 0.15) is 17.3 Å². The second kappa shape index (κ2) is 7.73. The van der Waals surface area contributed by atoms with Gasteiger partial charge in [0.25, 0.3) is 0 Å². The number of ether oxygens (including phenoxy) is 1. The molecule has 6 rings (SSSR count). The molecule has 0 saturated heterocycles. The Kier molecular flexibility index (Phi) is 4.74. The first-order valence-corrected chi connectivity index (χ1v) is 11.9. The fourth-order valence-corrected chi connectivity index (χ4v) is 5.27.